The molecule has 0 aromatic rings. The Bertz CT molecular complexity index is 421. The fourth-order valence-electron chi connectivity index (χ4n) is 4.59. The second-order valence-electron chi connectivity index (χ2n) is 10.7. The lowest BCUT2D eigenvalue weighted by Gasteiger charge is -2.06. The van der Waals surface area contributed by atoms with Crippen LogP contribution in [0.1, 0.15) is 181 Å². The second-order valence-corrected chi connectivity index (χ2v) is 10.7. The van der Waals surface area contributed by atoms with Gasteiger partial charge in [-0.1, -0.05) is 142 Å². The molecule has 0 saturated carbocycles. The summed E-state index contributed by atoms with van der Waals surface area (Å²) in [6, 6.07) is 0. The first kappa shape index (κ1) is 34.9. The SMILES string of the molecule is CCCCCCCC(=O)OCCCCCCCCCCCCCCCCOC(=O)CCCCCCC. The van der Waals surface area contributed by atoms with E-state index in [-0.39, 0.29) is 11.9 Å². The Balaban J connectivity index is 3.16. The number of esters is 2. The first-order valence-corrected chi connectivity index (χ1v) is 16.0. The van der Waals surface area contributed by atoms with Crippen LogP contribution in [0.15, 0.2) is 0 Å². The van der Waals surface area contributed by atoms with E-state index in [0.717, 1.165) is 38.5 Å². The molecule has 4 nitrogen and oxygen atoms in total. The van der Waals surface area contributed by atoms with Crippen molar-refractivity contribution in [2.24, 2.45) is 0 Å². The van der Waals surface area contributed by atoms with Gasteiger partial charge in [0.15, 0.2) is 0 Å². The molecule has 214 valence electrons. The van der Waals surface area contributed by atoms with Gasteiger partial charge in [0.05, 0.1) is 13.2 Å². The molecule has 0 aromatic heterocycles. The highest BCUT2D eigenvalue weighted by molar-refractivity contribution is 5.69. The Morgan fingerprint density at radius 2 is 0.611 bits per heavy atom. The van der Waals surface area contributed by atoms with E-state index in [4.69, 9.17) is 9.47 Å². The summed E-state index contributed by atoms with van der Waals surface area (Å²) < 4.78 is 10.7. The third kappa shape index (κ3) is 29.2. The molecule has 0 atom stereocenters. The number of carbonyl (C=O) groups is 2. The van der Waals surface area contributed by atoms with Gasteiger partial charge in [-0.15, -0.1) is 0 Å². The predicted molar refractivity (Wildman–Crippen MR) is 153 cm³/mol. The monoisotopic (exact) mass is 510 g/mol. The quantitative estimate of drug-likeness (QED) is 0.0741. The lowest BCUT2D eigenvalue weighted by molar-refractivity contribution is -0.144. The van der Waals surface area contributed by atoms with Crippen LogP contribution in [-0.2, 0) is 19.1 Å². The lowest BCUT2D eigenvalue weighted by atomic mass is 10.0. The summed E-state index contributed by atoms with van der Waals surface area (Å²) in [5, 5.41) is 0. The highest BCUT2D eigenvalue weighted by Gasteiger charge is 2.03. The summed E-state index contributed by atoms with van der Waals surface area (Å²) in [7, 11) is 0. The van der Waals surface area contributed by atoms with Crippen molar-refractivity contribution in [2.75, 3.05) is 13.2 Å². The maximum Gasteiger partial charge on any atom is 0.305 e. The average molecular weight is 511 g/mol. The van der Waals surface area contributed by atoms with E-state index < -0.39 is 0 Å². The van der Waals surface area contributed by atoms with Gasteiger partial charge in [0.1, 0.15) is 0 Å². The van der Waals surface area contributed by atoms with Crippen LogP contribution in [0, 0.1) is 0 Å². The van der Waals surface area contributed by atoms with Gasteiger partial charge in [0, 0.05) is 12.8 Å². The Hall–Kier alpha value is -1.06. The van der Waals surface area contributed by atoms with Gasteiger partial charge in [0.25, 0.3) is 0 Å². The molecular formula is C32H62O4. The van der Waals surface area contributed by atoms with Gasteiger partial charge in [-0.05, 0) is 25.7 Å². The Kier molecular flexibility index (Phi) is 29.3. The minimum absolute atomic E-state index is 0.00388. The zero-order valence-corrected chi connectivity index (χ0v) is 24.4. The minimum Gasteiger partial charge on any atom is -0.466 e. The van der Waals surface area contributed by atoms with Gasteiger partial charge in [-0.25, -0.2) is 0 Å². The van der Waals surface area contributed by atoms with Crippen molar-refractivity contribution >= 4 is 11.9 Å². The van der Waals surface area contributed by atoms with Crippen molar-refractivity contribution in [3.63, 3.8) is 0 Å². The van der Waals surface area contributed by atoms with E-state index in [1.165, 1.54) is 116 Å². The van der Waals surface area contributed by atoms with Crippen LogP contribution >= 0.6 is 0 Å². The third-order valence-electron chi connectivity index (χ3n) is 7.03. The molecule has 36 heavy (non-hydrogen) atoms. The Morgan fingerprint density at radius 3 is 0.917 bits per heavy atom. The summed E-state index contributed by atoms with van der Waals surface area (Å²) in [4.78, 5) is 23.3. The molecule has 0 aliphatic heterocycles. The van der Waals surface area contributed by atoms with Crippen LogP contribution in [0.25, 0.3) is 0 Å². The van der Waals surface area contributed by atoms with Gasteiger partial charge in [-0.2, -0.15) is 0 Å². The maximum absolute atomic E-state index is 11.7. The van der Waals surface area contributed by atoms with E-state index >= 15 is 0 Å². The van der Waals surface area contributed by atoms with E-state index in [2.05, 4.69) is 13.8 Å². The standard InChI is InChI=1S/C32H62O4/c1-3-5-7-19-23-27-31(33)35-29-25-21-17-15-13-11-9-10-12-14-16-18-22-26-30-36-32(34)28-24-20-8-6-4-2/h3-30H2,1-2H3. The van der Waals surface area contributed by atoms with Crippen molar-refractivity contribution < 1.29 is 19.1 Å². The van der Waals surface area contributed by atoms with Gasteiger partial charge < -0.3 is 9.47 Å². The Morgan fingerprint density at radius 1 is 0.361 bits per heavy atom. The van der Waals surface area contributed by atoms with E-state index in [1.54, 1.807) is 0 Å². The van der Waals surface area contributed by atoms with Gasteiger partial charge in [-0.3, -0.25) is 9.59 Å². The molecule has 0 unspecified atom stereocenters. The number of hydrogen-bond acceptors (Lipinski definition) is 4. The third-order valence-corrected chi connectivity index (χ3v) is 7.03. The van der Waals surface area contributed by atoms with E-state index in [9.17, 15) is 9.59 Å². The normalized spacial score (nSPS) is 11.1. The van der Waals surface area contributed by atoms with Crippen molar-refractivity contribution in [2.45, 2.75) is 181 Å². The molecule has 0 aromatic carbocycles. The summed E-state index contributed by atoms with van der Waals surface area (Å²) in [6.45, 7) is 5.64. The summed E-state index contributed by atoms with van der Waals surface area (Å²) in [6.07, 6.45) is 30.7. The van der Waals surface area contributed by atoms with Crippen LogP contribution in [0.2, 0.25) is 0 Å². The predicted octanol–water partition coefficient (Wildman–Crippen LogP) is 10.3. The van der Waals surface area contributed by atoms with Crippen molar-refractivity contribution in [3.8, 4) is 0 Å². The fraction of sp³-hybridized carbons (Fsp3) is 0.938. The molecule has 0 aliphatic rings. The molecule has 0 N–H and O–H groups in total. The smallest absolute Gasteiger partial charge is 0.305 e. The topological polar surface area (TPSA) is 52.6 Å². The van der Waals surface area contributed by atoms with Gasteiger partial charge >= 0.3 is 11.9 Å². The minimum atomic E-state index is -0.00388. The Labute approximate surface area is 225 Å². The van der Waals surface area contributed by atoms with E-state index in [1.807, 2.05) is 0 Å². The summed E-state index contributed by atoms with van der Waals surface area (Å²) >= 11 is 0. The first-order chi connectivity index (χ1) is 17.7. The van der Waals surface area contributed by atoms with Crippen LogP contribution < -0.4 is 0 Å². The fourth-order valence-corrected chi connectivity index (χ4v) is 4.59. The highest BCUT2D eigenvalue weighted by Crippen LogP contribution is 2.13. The van der Waals surface area contributed by atoms with Crippen molar-refractivity contribution in [3.05, 3.63) is 0 Å². The highest BCUT2D eigenvalue weighted by atomic mass is 16.5. The molecule has 0 aliphatic carbocycles. The zero-order chi connectivity index (χ0) is 26.4. The molecule has 0 fully saturated rings. The maximum atomic E-state index is 11.7. The van der Waals surface area contributed by atoms with Crippen molar-refractivity contribution in [1.82, 2.24) is 0 Å². The van der Waals surface area contributed by atoms with Crippen LogP contribution in [0.4, 0.5) is 0 Å². The number of unbranched alkanes of at least 4 members (excludes halogenated alkanes) is 21. The van der Waals surface area contributed by atoms with Crippen LogP contribution in [0.3, 0.4) is 0 Å². The van der Waals surface area contributed by atoms with Crippen LogP contribution in [0.5, 0.6) is 0 Å². The van der Waals surface area contributed by atoms with Gasteiger partial charge in [0.2, 0.25) is 0 Å². The first-order valence-electron chi connectivity index (χ1n) is 16.0. The molecule has 0 bridgehead atoms. The molecule has 0 spiro atoms. The molecule has 0 radical (unpaired) electrons. The number of carbonyl (C=O) groups excluding carboxylic acids is 2. The average Bonchev–Trinajstić information content (AvgIpc) is 2.87. The van der Waals surface area contributed by atoms with Crippen molar-refractivity contribution in [1.29, 1.82) is 0 Å². The van der Waals surface area contributed by atoms with E-state index in [0.29, 0.717) is 26.1 Å². The number of ether oxygens (including phenoxy) is 2. The summed E-state index contributed by atoms with van der Waals surface area (Å²) in [5.41, 5.74) is 0. The second kappa shape index (κ2) is 30.2. The molecule has 0 amide bonds. The zero-order valence-electron chi connectivity index (χ0n) is 24.4. The number of hydrogen-bond donors (Lipinski definition) is 0. The molecule has 0 saturated heterocycles. The van der Waals surface area contributed by atoms with Crippen LogP contribution in [-0.4, -0.2) is 25.2 Å². The largest absolute Gasteiger partial charge is 0.466 e. The lowest BCUT2D eigenvalue weighted by Crippen LogP contribution is -2.05. The molecular weight excluding hydrogens is 448 g/mol. The summed E-state index contributed by atoms with van der Waals surface area (Å²) in [5.74, 6) is -0.00777. The number of rotatable bonds is 29. The molecule has 4 heteroatoms. The molecule has 0 heterocycles. The molecule has 0 rings (SSSR count).